The van der Waals surface area contributed by atoms with Crippen molar-refractivity contribution >= 4 is 10.9 Å². The molecule has 30 heavy (non-hydrogen) atoms. The Kier molecular flexibility index (Phi) is 6.42. The molecule has 0 unspecified atom stereocenters. The Hall–Kier alpha value is -2.34. The van der Waals surface area contributed by atoms with E-state index in [1.165, 1.54) is 27.8 Å². The van der Waals surface area contributed by atoms with Crippen molar-refractivity contribution < 1.29 is 9.84 Å². The van der Waals surface area contributed by atoms with Crippen LogP contribution >= 0.6 is 0 Å². The number of H-pyrrole nitrogens is 1. The van der Waals surface area contributed by atoms with E-state index >= 15 is 0 Å². The van der Waals surface area contributed by atoms with Crippen molar-refractivity contribution in [3.63, 3.8) is 0 Å². The molecule has 5 heteroatoms. The lowest BCUT2D eigenvalue weighted by Crippen LogP contribution is -2.52. The zero-order chi connectivity index (χ0) is 21.1. The van der Waals surface area contributed by atoms with Crippen molar-refractivity contribution in [3.05, 3.63) is 64.8 Å². The highest BCUT2D eigenvalue weighted by molar-refractivity contribution is 5.85. The van der Waals surface area contributed by atoms with E-state index in [9.17, 15) is 5.11 Å². The molecule has 1 saturated heterocycles. The molecule has 0 radical (unpaired) electrons. The molecule has 1 aromatic heterocycles. The van der Waals surface area contributed by atoms with Gasteiger partial charge in [-0.05, 0) is 55.2 Å². The van der Waals surface area contributed by atoms with Gasteiger partial charge in [0.1, 0.15) is 5.75 Å². The Balaban J connectivity index is 1.47. The number of fused-ring (bicyclic) bond motifs is 1. The molecule has 2 N–H and O–H groups in total. The van der Waals surface area contributed by atoms with E-state index in [1.54, 1.807) is 7.11 Å². The van der Waals surface area contributed by atoms with E-state index < -0.39 is 0 Å². The molecule has 0 aliphatic carbocycles. The van der Waals surface area contributed by atoms with E-state index in [4.69, 9.17) is 4.74 Å². The lowest BCUT2D eigenvalue weighted by Gasteiger charge is -2.41. The zero-order valence-electron chi connectivity index (χ0n) is 18.3. The molecule has 2 aromatic carbocycles. The number of nitrogens with zero attached hydrogens (tertiary/aromatic N) is 2. The van der Waals surface area contributed by atoms with E-state index in [2.05, 4.69) is 65.0 Å². The minimum atomic E-state index is 0.230. The predicted octanol–water partition coefficient (Wildman–Crippen LogP) is 3.86. The number of aliphatic hydroxyl groups is 1. The average molecular weight is 408 g/mol. The summed E-state index contributed by atoms with van der Waals surface area (Å²) in [6.45, 7) is 9.49. The molecule has 0 saturated carbocycles. The fourth-order valence-electron chi connectivity index (χ4n) is 4.61. The topological polar surface area (TPSA) is 51.7 Å². The van der Waals surface area contributed by atoms with Crippen molar-refractivity contribution in [2.45, 2.75) is 39.4 Å². The summed E-state index contributed by atoms with van der Waals surface area (Å²) in [5.41, 5.74) is 6.45. The first-order chi connectivity index (χ1) is 14.6. The molecule has 1 fully saturated rings. The van der Waals surface area contributed by atoms with Gasteiger partial charge in [0, 0.05) is 62.0 Å². The Bertz CT molecular complexity index is 997. The first-order valence-electron chi connectivity index (χ1n) is 10.9. The maximum Gasteiger partial charge on any atom is 0.119 e. The zero-order valence-corrected chi connectivity index (χ0v) is 18.3. The molecule has 1 aliphatic rings. The summed E-state index contributed by atoms with van der Waals surface area (Å²) in [5.74, 6) is 0.893. The van der Waals surface area contributed by atoms with Gasteiger partial charge in [0.25, 0.3) is 0 Å². The van der Waals surface area contributed by atoms with Crippen LogP contribution in [-0.2, 0) is 13.1 Å². The van der Waals surface area contributed by atoms with Gasteiger partial charge in [-0.15, -0.1) is 0 Å². The van der Waals surface area contributed by atoms with E-state index in [-0.39, 0.29) is 6.61 Å². The third-order valence-corrected chi connectivity index (χ3v) is 6.54. The molecule has 1 atom stereocenters. The fourth-order valence-corrected chi connectivity index (χ4v) is 4.61. The Morgan fingerprint density at radius 2 is 1.93 bits per heavy atom. The van der Waals surface area contributed by atoms with Gasteiger partial charge in [-0.2, -0.15) is 0 Å². The minimum Gasteiger partial charge on any atom is -0.497 e. The number of aliphatic hydroxyl groups excluding tert-OH is 1. The van der Waals surface area contributed by atoms with Crippen LogP contribution in [0.15, 0.2) is 42.5 Å². The highest BCUT2D eigenvalue weighted by Crippen LogP contribution is 2.27. The number of piperazine rings is 1. The normalized spacial score (nSPS) is 18.2. The van der Waals surface area contributed by atoms with Crippen LogP contribution in [0.1, 0.15) is 28.8 Å². The van der Waals surface area contributed by atoms with Gasteiger partial charge in [0.2, 0.25) is 0 Å². The Labute approximate surface area is 179 Å². The van der Waals surface area contributed by atoms with E-state index in [0.29, 0.717) is 6.04 Å². The van der Waals surface area contributed by atoms with Crippen LogP contribution in [0, 0.1) is 13.8 Å². The van der Waals surface area contributed by atoms with Crippen LogP contribution in [-0.4, -0.2) is 59.3 Å². The lowest BCUT2D eigenvalue weighted by molar-refractivity contribution is 0.0493. The number of benzene rings is 2. The van der Waals surface area contributed by atoms with Crippen molar-refractivity contribution in [3.8, 4) is 5.75 Å². The molecule has 0 bridgehead atoms. The monoisotopic (exact) mass is 407 g/mol. The molecular formula is C25H33N3O2. The van der Waals surface area contributed by atoms with Crippen LogP contribution in [0.4, 0.5) is 0 Å². The number of hydrogen-bond donors (Lipinski definition) is 2. The summed E-state index contributed by atoms with van der Waals surface area (Å²) in [4.78, 5) is 8.66. The Morgan fingerprint density at radius 3 is 2.70 bits per heavy atom. The highest BCUT2D eigenvalue weighted by atomic mass is 16.5. The Morgan fingerprint density at radius 1 is 1.10 bits per heavy atom. The van der Waals surface area contributed by atoms with Crippen molar-refractivity contribution in [1.29, 1.82) is 0 Å². The van der Waals surface area contributed by atoms with Crippen LogP contribution in [0.25, 0.3) is 10.9 Å². The van der Waals surface area contributed by atoms with Gasteiger partial charge < -0.3 is 14.8 Å². The lowest BCUT2D eigenvalue weighted by atomic mass is 10.0. The van der Waals surface area contributed by atoms with Gasteiger partial charge in [-0.25, -0.2) is 0 Å². The quantitative estimate of drug-likeness (QED) is 0.624. The number of aromatic nitrogens is 1. The maximum atomic E-state index is 9.66. The first-order valence-corrected chi connectivity index (χ1v) is 10.9. The number of methoxy groups -OCH3 is 1. The van der Waals surface area contributed by atoms with Gasteiger partial charge in [0.05, 0.1) is 7.11 Å². The number of rotatable bonds is 7. The van der Waals surface area contributed by atoms with E-state index in [0.717, 1.165) is 50.4 Å². The maximum absolute atomic E-state index is 9.66. The van der Waals surface area contributed by atoms with Crippen molar-refractivity contribution in [2.75, 3.05) is 33.4 Å². The van der Waals surface area contributed by atoms with Gasteiger partial charge >= 0.3 is 0 Å². The van der Waals surface area contributed by atoms with Crippen molar-refractivity contribution in [1.82, 2.24) is 14.8 Å². The summed E-state index contributed by atoms with van der Waals surface area (Å²) in [7, 11) is 1.71. The number of nitrogens with one attached hydrogen (secondary N) is 1. The molecule has 4 rings (SSSR count). The average Bonchev–Trinajstić information content (AvgIpc) is 3.06. The number of ether oxygens (including phenoxy) is 1. The van der Waals surface area contributed by atoms with Crippen LogP contribution in [0.3, 0.4) is 0 Å². The van der Waals surface area contributed by atoms with Crippen LogP contribution in [0.5, 0.6) is 5.75 Å². The molecule has 2 heterocycles. The summed E-state index contributed by atoms with van der Waals surface area (Å²) >= 11 is 0. The highest BCUT2D eigenvalue weighted by Gasteiger charge is 2.27. The smallest absolute Gasteiger partial charge is 0.119 e. The summed E-state index contributed by atoms with van der Waals surface area (Å²) in [5, 5.41) is 10.9. The summed E-state index contributed by atoms with van der Waals surface area (Å²) < 4.78 is 5.39. The van der Waals surface area contributed by atoms with Crippen LogP contribution < -0.4 is 4.74 Å². The third kappa shape index (κ3) is 4.38. The molecule has 0 amide bonds. The molecule has 1 aliphatic heterocycles. The predicted molar refractivity (Wildman–Crippen MR) is 122 cm³/mol. The summed E-state index contributed by atoms with van der Waals surface area (Å²) in [6, 6.07) is 15.2. The van der Waals surface area contributed by atoms with Gasteiger partial charge in [-0.1, -0.05) is 24.3 Å². The second kappa shape index (κ2) is 9.21. The minimum absolute atomic E-state index is 0.230. The number of aryl methyl sites for hydroxylation is 2. The van der Waals surface area contributed by atoms with Gasteiger partial charge in [0.15, 0.2) is 0 Å². The molecular weight excluding hydrogens is 374 g/mol. The van der Waals surface area contributed by atoms with Crippen molar-refractivity contribution in [2.24, 2.45) is 0 Å². The molecule has 0 spiro atoms. The largest absolute Gasteiger partial charge is 0.497 e. The summed E-state index contributed by atoms with van der Waals surface area (Å²) in [6.07, 6.45) is 0.811. The standard InChI is InChI=1S/C25H33N3O2/c1-18-6-4-5-7-20(18)15-28-12-11-27(16-21(28)10-13-29)17-25-19(2)23-14-22(30-3)8-9-24(23)26-25/h4-9,14,21,26,29H,10-13,15-17H2,1-3H3/t21-/m1/s1. The molecule has 3 aromatic rings. The van der Waals surface area contributed by atoms with Crippen LogP contribution in [0.2, 0.25) is 0 Å². The third-order valence-electron chi connectivity index (χ3n) is 6.54. The second-order valence-electron chi connectivity index (χ2n) is 8.44. The molecule has 5 nitrogen and oxygen atoms in total. The number of aromatic amines is 1. The molecule has 160 valence electrons. The fraction of sp³-hybridized carbons (Fsp3) is 0.440. The van der Waals surface area contributed by atoms with E-state index in [1.807, 2.05) is 6.07 Å². The second-order valence-corrected chi connectivity index (χ2v) is 8.44. The first kappa shape index (κ1) is 20.9. The SMILES string of the molecule is COc1ccc2[nH]c(CN3CCN(Cc4ccccc4C)[C@H](CCO)C3)c(C)c2c1. The number of hydrogen-bond acceptors (Lipinski definition) is 4. The van der Waals surface area contributed by atoms with Gasteiger partial charge in [-0.3, -0.25) is 9.80 Å².